The molecule has 0 fully saturated rings. The molecule has 0 aliphatic heterocycles. The molecule has 3 heteroatoms. The van der Waals surface area contributed by atoms with Crippen LogP contribution in [0.15, 0.2) is 11.4 Å². The molecule has 0 aromatic carbocycles. The first-order valence-electron chi connectivity index (χ1n) is 4.83. The second-order valence-corrected chi connectivity index (χ2v) is 5.65. The Kier molecular flexibility index (Phi) is 3.67. The van der Waals surface area contributed by atoms with E-state index in [9.17, 15) is 4.39 Å². The predicted molar refractivity (Wildman–Crippen MR) is 60.7 cm³/mol. The molecule has 0 saturated heterocycles. The van der Waals surface area contributed by atoms with Crippen molar-refractivity contribution in [2.75, 3.05) is 6.54 Å². The fourth-order valence-electron chi connectivity index (χ4n) is 1.23. The van der Waals surface area contributed by atoms with Crippen LogP contribution in [0, 0.1) is 6.92 Å². The van der Waals surface area contributed by atoms with Gasteiger partial charge in [-0.05, 0) is 39.1 Å². The summed E-state index contributed by atoms with van der Waals surface area (Å²) < 4.78 is 13.7. The average molecular weight is 215 g/mol. The van der Waals surface area contributed by atoms with Gasteiger partial charge >= 0.3 is 0 Å². The van der Waals surface area contributed by atoms with E-state index in [1.54, 1.807) is 11.3 Å². The van der Waals surface area contributed by atoms with E-state index < -0.39 is 6.17 Å². The van der Waals surface area contributed by atoms with Gasteiger partial charge in [0.05, 0.1) is 0 Å². The van der Waals surface area contributed by atoms with Gasteiger partial charge in [-0.15, -0.1) is 11.3 Å². The maximum atomic E-state index is 13.7. The zero-order valence-corrected chi connectivity index (χ0v) is 10.0. The summed E-state index contributed by atoms with van der Waals surface area (Å²) in [6.07, 6.45) is -0.888. The van der Waals surface area contributed by atoms with Crippen molar-refractivity contribution in [1.82, 2.24) is 5.32 Å². The van der Waals surface area contributed by atoms with Crippen molar-refractivity contribution < 1.29 is 4.39 Å². The minimum absolute atomic E-state index is 0.0196. The molecule has 1 aromatic heterocycles. The van der Waals surface area contributed by atoms with Gasteiger partial charge in [-0.25, -0.2) is 4.39 Å². The van der Waals surface area contributed by atoms with E-state index in [1.807, 2.05) is 39.1 Å². The molecule has 1 nitrogen and oxygen atoms in total. The molecule has 80 valence electrons. The van der Waals surface area contributed by atoms with Gasteiger partial charge in [0.15, 0.2) is 0 Å². The molecular formula is C11H18FNS. The molecule has 0 aliphatic carbocycles. The highest BCUT2D eigenvalue weighted by Gasteiger charge is 2.16. The molecule has 1 atom stereocenters. The average Bonchev–Trinajstić information content (AvgIpc) is 2.46. The Morgan fingerprint density at radius 3 is 2.57 bits per heavy atom. The molecule has 0 saturated carbocycles. The molecule has 1 unspecified atom stereocenters. The fourth-order valence-corrected chi connectivity index (χ4v) is 1.98. The second kappa shape index (κ2) is 4.41. The monoisotopic (exact) mass is 215 g/mol. The van der Waals surface area contributed by atoms with Gasteiger partial charge in [-0.2, -0.15) is 0 Å². The molecule has 1 rings (SSSR count). The summed E-state index contributed by atoms with van der Waals surface area (Å²) in [5.74, 6) is 0. The van der Waals surface area contributed by atoms with Crippen LogP contribution in [0.1, 0.15) is 37.4 Å². The quantitative estimate of drug-likeness (QED) is 0.814. The van der Waals surface area contributed by atoms with Crippen molar-refractivity contribution in [2.45, 2.75) is 39.4 Å². The Hall–Kier alpha value is -0.410. The molecule has 0 bridgehead atoms. The SMILES string of the molecule is Cc1sccc1C(F)CNC(C)(C)C. The predicted octanol–water partition coefficient (Wildman–Crippen LogP) is 3.46. The van der Waals surface area contributed by atoms with Crippen molar-refractivity contribution >= 4 is 11.3 Å². The van der Waals surface area contributed by atoms with Crippen molar-refractivity contribution in [3.05, 3.63) is 21.9 Å². The lowest BCUT2D eigenvalue weighted by molar-refractivity contribution is 0.291. The fraction of sp³-hybridized carbons (Fsp3) is 0.636. The van der Waals surface area contributed by atoms with Gasteiger partial charge in [0.1, 0.15) is 6.17 Å². The highest BCUT2D eigenvalue weighted by Crippen LogP contribution is 2.25. The smallest absolute Gasteiger partial charge is 0.139 e. The molecule has 0 amide bonds. The summed E-state index contributed by atoms with van der Waals surface area (Å²) in [7, 11) is 0. The van der Waals surface area contributed by atoms with Crippen LogP contribution in [0.4, 0.5) is 4.39 Å². The summed E-state index contributed by atoms with van der Waals surface area (Å²) >= 11 is 1.60. The Labute approximate surface area is 89.3 Å². The Morgan fingerprint density at radius 1 is 1.50 bits per heavy atom. The lowest BCUT2D eigenvalue weighted by Crippen LogP contribution is -2.37. The third-order valence-electron chi connectivity index (χ3n) is 2.05. The van der Waals surface area contributed by atoms with Crippen molar-refractivity contribution in [3.8, 4) is 0 Å². The lowest BCUT2D eigenvalue weighted by atomic mass is 10.1. The van der Waals surface area contributed by atoms with E-state index in [1.165, 1.54) is 0 Å². The highest BCUT2D eigenvalue weighted by atomic mass is 32.1. The summed E-state index contributed by atoms with van der Waals surface area (Å²) in [5.41, 5.74) is 0.806. The molecule has 0 radical (unpaired) electrons. The van der Waals surface area contributed by atoms with E-state index in [0.717, 1.165) is 10.4 Å². The van der Waals surface area contributed by atoms with Crippen LogP contribution in [-0.4, -0.2) is 12.1 Å². The highest BCUT2D eigenvalue weighted by molar-refractivity contribution is 7.10. The van der Waals surface area contributed by atoms with Crippen molar-refractivity contribution in [1.29, 1.82) is 0 Å². The normalized spacial score (nSPS) is 14.4. The molecular weight excluding hydrogens is 197 g/mol. The van der Waals surface area contributed by atoms with Crippen LogP contribution >= 0.6 is 11.3 Å². The zero-order chi connectivity index (χ0) is 10.8. The Morgan fingerprint density at radius 2 is 2.14 bits per heavy atom. The van der Waals surface area contributed by atoms with E-state index in [-0.39, 0.29) is 5.54 Å². The molecule has 1 N–H and O–H groups in total. The van der Waals surface area contributed by atoms with Gasteiger partial charge < -0.3 is 5.32 Å². The topological polar surface area (TPSA) is 12.0 Å². The minimum atomic E-state index is -0.888. The van der Waals surface area contributed by atoms with Crippen LogP contribution in [0.2, 0.25) is 0 Å². The van der Waals surface area contributed by atoms with Gasteiger partial charge in [-0.1, -0.05) is 0 Å². The summed E-state index contributed by atoms with van der Waals surface area (Å²) in [5, 5.41) is 5.11. The number of nitrogens with one attached hydrogen (secondary N) is 1. The van der Waals surface area contributed by atoms with E-state index in [4.69, 9.17) is 0 Å². The molecule has 1 aromatic rings. The van der Waals surface area contributed by atoms with E-state index in [2.05, 4.69) is 5.32 Å². The summed E-state index contributed by atoms with van der Waals surface area (Å²) in [6.45, 7) is 8.48. The second-order valence-electron chi connectivity index (χ2n) is 4.53. The zero-order valence-electron chi connectivity index (χ0n) is 9.23. The van der Waals surface area contributed by atoms with Crippen LogP contribution < -0.4 is 5.32 Å². The standard InChI is InChI=1S/C11H18FNS/c1-8-9(5-6-14-8)10(12)7-13-11(2,3)4/h5-6,10,13H,7H2,1-4H3. The maximum absolute atomic E-state index is 13.7. The first kappa shape index (κ1) is 11.7. The third-order valence-corrected chi connectivity index (χ3v) is 2.91. The Bertz CT molecular complexity index is 288. The number of hydrogen-bond donors (Lipinski definition) is 1. The van der Waals surface area contributed by atoms with E-state index >= 15 is 0 Å². The number of hydrogen-bond acceptors (Lipinski definition) is 2. The van der Waals surface area contributed by atoms with Crippen LogP contribution in [0.3, 0.4) is 0 Å². The molecule has 1 heterocycles. The van der Waals surface area contributed by atoms with Gasteiger partial charge in [0, 0.05) is 22.5 Å². The number of thiophene rings is 1. The van der Waals surface area contributed by atoms with Gasteiger partial charge in [0.25, 0.3) is 0 Å². The maximum Gasteiger partial charge on any atom is 0.139 e. The minimum Gasteiger partial charge on any atom is -0.309 e. The van der Waals surface area contributed by atoms with Gasteiger partial charge in [-0.3, -0.25) is 0 Å². The third kappa shape index (κ3) is 3.39. The molecule has 0 spiro atoms. The number of alkyl halides is 1. The number of halogens is 1. The largest absolute Gasteiger partial charge is 0.309 e. The molecule has 14 heavy (non-hydrogen) atoms. The van der Waals surface area contributed by atoms with Crippen LogP contribution in [0.5, 0.6) is 0 Å². The van der Waals surface area contributed by atoms with Crippen LogP contribution in [-0.2, 0) is 0 Å². The molecule has 0 aliphatic rings. The van der Waals surface area contributed by atoms with Gasteiger partial charge in [0.2, 0.25) is 0 Å². The summed E-state index contributed by atoms with van der Waals surface area (Å²) in [6, 6.07) is 1.87. The van der Waals surface area contributed by atoms with Crippen molar-refractivity contribution in [2.24, 2.45) is 0 Å². The lowest BCUT2D eigenvalue weighted by Gasteiger charge is -2.22. The first-order valence-corrected chi connectivity index (χ1v) is 5.71. The van der Waals surface area contributed by atoms with Crippen LogP contribution in [0.25, 0.3) is 0 Å². The first-order chi connectivity index (χ1) is 6.40. The summed E-state index contributed by atoms with van der Waals surface area (Å²) in [4.78, 5) is 1.08. The van der Waals surface area contributed by atoms with Crippen molar-refractivity contribution in [3.63, 3.8) is 0 Å². The van der Waals surface area contributed by atoms with E-state index in [0.29, 0.717) is 6.54 Å². The Balaban J connectivity index is 2.51. The number of aryl methyl sites for hydroxylation is 1. The number of rotatable bonds is 3.